The monoisotopic (exact) mass is 435 g/mol. The highest BCUT2D eigenvalue weighted by Crippen LogP contribution is 2.31. The number of rotatable bonds is 3. The Bertz CT molecular complexity index is 1210. The maximum Gasteiger partial charge on any atom is 0.256 e. The molecule has 5 rings (SSSR count). The van der Waals surface area contributed by atoms with Crippen molar-refractivity contribution in [2.24, 2.45) is 12.8 Å². The van der Waals surface area contributed by atoms with E-state index >= 15 is 0 Å². The summed E-state index contributed by atoms with van der Waals surface area (Å²) in [4.78, 5) is 28.9. The Morgan fingerprint density at radius 1 is 1.00 bits per heavy atom. The molecule has 32 heavy (non-hydrogen) atoms. The predicted molar refractivity (Wildman–Crippen MR) is 119 cm³/mol. The molecule has 2 N–H and O–H groups in total. The molecule has 2 fully saturated rings. The average Bonchev–Trinajstić information content (AvgIpc) is 3.15. The molecule has 7 nitrogen and oxygen atoms in total. The van der Waals surface area contributed by atoms with Gasteiger partial charge in [0.25, 0.3) is 5.91 Å². The van der Waals surface area contributed by atoms with Crippen LogP contribution in [0.3, 0.4) is 0 Å². The number of nitrogens with zero attached hydrogens (tertiary/aromatic N) is 4. The molecule has 2 amide bonds. The van der Waals surface area contributed by atoms with Crippen molar-refractivity contribution in [2.45, 2.75) is 24.8 Å². The zero-order valence-electron chi connectivity index (χ0n) is 18.1. The fourth-order valence-corrected chi connectivity index (χ4v) is 4.56. The number of hydrogen-bond acceptors (Lipinski definition) is 4. The zero-order chi connectivity index (χ0) is 22.5. The Kier molecular flexibility index (Phi) is 4.97. The first kappa shape index (κ1) is 20.6. The number of piperazine rings is 1. The van der Waals surface area contributed by atoms with E-state index in [1.165, 1.54) is 12.1 Å². The maximum atomic E-state index is 14.9. The molecule has 1 saturated carbocycles. The van der Waals surface area contributed by atoms with E-state index in [4.69, 9.17) is 5.73 Å². The summed E-state index contributed by atoms with van der Waals surface area (Å²) < 4.78 is 16.7. The normalized spacial score (nSPS) is 18.0. The number of amides is 2. The number of aryl methyl sites for hydroxylation is 1. The van der Waals surface area contributed by atoms with E-state index in [9.17, 15) is 14.0 Å². The van der Waals surface area contributed by atoms with Crippen molar-refractivity contribution in [3.63, 3.8) is 0 Å². The largest absolute Gasteiger partial charge is 0.338 e. The topological polar surface area (TPSA) is 84.5 Å². The van der Waals surface area contributed by atoms with Crippen LogP contribution in [-0.4, -0.2) is 63.1 Å². The Hall–Kier alpha value is -3.26. The van der Waals surface area contributed by atoms with Gasteiger partial charge in [0.15, 0.2) is 0 Å². The third-order valence-electron chi connectivity index (χ3n) is 6.68. The van der Waals surface area contributed by atoms with Gasteiger partial charge >= 0.3 is 0 Å². The van der Waals surface area contributed by atoms with Crippen LogP contribution in [0.5, 0.6) is 0 Å². The number of nitrogens with two attached hydrogens (primary N) is 1. The van der Waals surface area contributed by atoms with E-state index in [0.717, 1.165) is 35.7 Å². The summed E-state index contributed by atoms with van der Waals surface area (Å²) in [6.07, 6.45) is 4.34. The number of benzene rings is 2. The second kappa shape index (κ2) is 7.70. The Morgan fingerprint density at radius 3 is 2.31 bits per heavy atom. The van der Waals surface area contributed by atoms with Crippen LogP contribution in [0.1, 0.15) is 29.6 Å². The van der Waals surface area contributed by atoms with Gasteiger partial charge in [-0.15, -0.1) is 0 Å². The summed E-state index contributed by atoms with van der Waals surface area (Å²) in [6, 6.07) is 10.5. The molecule has 2 aliphatic rings. The summed E-state index contributed by atoms with van der Waals surface area (Å²) in [6.45, 7) is 1.59. The van der Waals surface area contributed by atoms with Gasteiger partial charge < -0.3 is 15.5 Å². The Balaban J connectivity index is 1.28. The predicted octanol–water partition coefficient (Wildman–Crippen LogP) is 2.55. The van der Waals surface area contributed by atoms with E-state index in [2.05, 4.69) is 5.10 Å². The zero-order valence-corrected chi connectivity index (χ0v) is 18.1. The van der Waals surface area contributed by atoms with E-state index in [1.807, 2.05) is 31.4 Å². The molecular weight excluding hydrogens is 409 g/mol. The summed E-state index contributed by atoms with van der Waals surface area (Å²) in [5.41, 5.74) is 7.83. The van der Waals surface area contributed by atoms with Gasteiger partial charge in [0.1, 0.15) is 5.82 Å². The molecule has 0 bridgehead atoms. The molecule has 8 heteroatoms. The van der Waals surface area contributed by atoms with Crippen molar-refractivity contribution in [1.82, 2.24) is 19.6 Å². The van der Waals surface area contributed by atoms with Crippen LogP contribution in [0.4, 0.5) is 4.39 Å². The molecule has 2 aromatic carbocycles. The minimum atomic E-state index is -0.730. The van der Waals surface area contributed by atoms with Gasteiger partial charge in [0.05, 0.1) is 16.6 Å². The van der Waals surface area contributed by atoms with Crippen LogP contribution in [0, 0.1) is 5.82 Å². The number of aromatic nitrogens is 2. The minimum Gasteiger partial charge on any atom is -0.338 e. The third-order valence-corrected chi connectivity index (χ3v) is 6.68. The summed E-state index contributed by atoms with van der Waals surface area (Å²) >= 11 is 0. The van der Waals surface area contributed by atoms with Gasteiger partial charge in [-0.1, -0.05) is 18.2 Å². The summed E-state index contributed by atoms with van der Waals surface area (Å²) in [7, 11) is 1.86. The second-order valence-corrected chi connectivity index (χ2v) is 8.87. The minimum absolute atomic E-state index is 0.0312. The van der Waals surface area contributed by atoms with Crippen LogP contribution < -0.4 is 5.73 Å². The molecule has 1 aromatic heterocycles. The SMILES string of the molecule is Cn1cc2ccc(-c3ccc(C(=O)N4CCN(C(=O)C5(N)CCC5)CC4)c(F)c3)cc2n1. The van der Waals surface area contributed by atoms with Crippen molar-refractivity contribution >= 4 is 22.7 Å². The lowest BCUT2D eigenvalue weighted by Gasteiger charge is -2.43. The fourth-order valence-electron chi connectivity index (χ4n) is 4.56. The highest BCUT2D eigenvalue weighted by molar-refractivity contribution is 5.95. The highest BCUT2D eigenvalue weighted by atomic mass is 19.1. The molecule has 0 spiro atoms. The smallest absolute Gasteiger partial charge is 0.256 e. The van der Waals surface area contributed by atoms with Crippen LogP contribution in [-0.2, 0) is 11.8 Å². The van der Waals surface area contributed by atoms with Gasteiger partial charge in [-0.3, -0.25) is 14.3 Å². The number of halogens is 1. The van der Waals surface area contributed by atoms with Gasteiger partial charge in [-0.2, -0.15) is 5.10 Å². The molecule has 1 aliphatic heterocycles. The molecule has 1 aliphatic carbocycles. The van der Waals surface area contributed by atoms with Crippen LogP contribution in [0.15, 0.2) is 42.6 Å². The van der Waals surface area contributed by atoms with E-state index in [0.29, 0.717) is 31.7 Å². The molecule has 2 heterocycles. The maximum absolute atomic E-state index is 14.9. The van der Waals surface area contributed by atoms with Crippen LogP contribution in [0.2, 0.25) is 0 Å². The van der Waals surface area contributed by atoms with Gasteiger partial charge in [0.2, 0.25) is 5.91 Å². The first-order chi connectivity index (χ1) is 15.3. The number of hydrogen-bond donors (Lipinski definition) is 1. The van der Waals surface area contributed by atoms with E-state index in [1.54, 1.807) is 20.5 Å². The lowest BCUT2D eigenvalue weighted by Crippen LogP contribution is -2.62. The van der Waals surface area contributed by atoms with Crippen LogP contribution in [0.25, 0.3) is 22.0 Å². The molecule has 3 aromatic rings. The standard InChI is InChI=1S/C24H26FN5O2/c1-28-15-18-4-3-17(14-21(18)27-28)16-5-6-19(20(25)13-16)22(31)29-9-11-30(12-10-29)23(32)24(26)7-2-8-24/h3-6,13-15H,2,7-12,26H2,1H3. The van der Waals surface area contributed by atoms with Crippen molar-refractivity contribution in [1.29, 1.82) is 0 Å². The van der Waals surface area contributed by atoms with Gasteiger partial charge in [-0.25, -0.2) is 4.39 Å². The fraction of sp³-hybridized carbons (Fsp3) is 0.375. The van der Waals surface area contributed by atoms with Crippen molar-refractivity contribution < 1.29 is 14.0 Å². The Morgan fingerprint density at radius 2 is 1.66 bits per heavy atom. The van der Waals surface area contributed by atoms with Crippen molar-refractivity contribution in [3.8, 4) is 11.1 Å². The average molecular weight is 436 g/mol. The first-order valence-corrected chi connectivity index (χ1v) is 10.9. The number of fused-ring (bicyclic) bond motifs is 1. The molecule has 1 saturated heterocycles. The number of carbonyl (C=O) groups excluding carboxylic acids is 2. The summed E-state index contributed by atoms with van der Waals surface area (Å²) in [5, 5.41) is 5.41. The van der Waals surface area contributed by atoms with E-state index < -0.39 is 11.4 Å². The van der Waals surface area contributed by atoms with Crippen LogP contribution >= 0.6 is 0 Å². The van der Waals surface area contributed by atoms with Gasteiger partial charge in [-0.05, 0) is 48.6 Å². The Labute approximate surface area is 185 Å². The van der Waals surface area contributed by atoms with Crippen molar-refractivity contribution in [2.75, 3.05) is 26.2 Å². The highest BCUT2D eigenvalue weighted by Gasteiger charge is 2.43. The van der Waals surface area contributed by atoms with Gasteiger partial charge in [0, 0.05) is 44.8 Å². The lowest BCUT2D eigenvalue weighted by molar-refractivity contribution is -0.141. The molecule has 0 unspecified atom stereocenters. The second-order valence-electron chi connectivity index (χ2n) is 8.87. The third kappa shape index (κ3) is 3.54. The molecule has 166 valence electrons. The molecular formula is C24H26FN5O2. The lowest BCUT2D eigenvalue weighted by atomic mass is 9.76. The van der Waals surface area contributed by atoms with E-state index in [-0.39, 0.29) is 17.4 Å². The van der Waals surface area contributed by atoms with Crippen molar-refractivity contribution in [3.05, 3.63) is 54.0 Å². The quantitative estimate of drug-likeness (QED) is 0.685. The molecule has 0 atom stereocenters. The first-order valence-electron chi connectivity index (χ1n) is 10.9. The summed E-state index contributed by atoms with van der Waals surface area (Å²) in [5.74, 6) is -0.939. The number of carbonyl (C=O) groups is 2. The molecule has 0 radical (unpaired) electrons.